The van der Waals surface area contributed by atoms with Crippen molar-refractivity contribution in [3.8, 4) is 6.07 Å². The third-order valence-electron chi connectivity index (χ3n) is 2.80. The van der Waals surface area contributed by atoms with Crippen LogP contribution in [0, 0.1) is 11.3 Å². The van der Waals surface area contributed by atoms with E-state index in [1.165, 1.54) is 11.1 Å². The van der Waals surface area contributed by atoms with Gasteiger partial charge in [0, 0.05) is 6.42 Å². The second-order valence-electron chi connectivity index (χ2n) is 4.05. The first kappa shape index (κ1) is 13.2. The van der Waals surface area contributed by atoms with Crippen LogP contribution in [0.4, 0.5) is 0 Å². The highest BCUT2D eigenvalue weighted by Crippen LogP contribution is 2.15. The standard InChI is InChI=1S/C14H17NO2/c1-2-12-9-11(10-15)7-8-13(12)5-3-4-6-14(16)17/h7-9H,2-6H2,1H3,(H,16,17). The molecule has 0 saturated carbocycles. The first-order valence-electron chi connectivity index (χ1n) is 5.91. The number of hydrogen-bond donors (Lipinski definition) is 1. The Morgan fingerprint density at radius 1 is 1.35 bits per heavy atom. The van der Waals surface area contributed by atoms with Gasteiger partial charge in [0.1, 0.15) is 0 Å². The van der Waals surface area contributed by atoms with Crippen LogP contribution in [0.2, 0.25) is 0 Å². The van der Waals surface area contributed by atoms with Gasteiger partial charge in [-0.25, -0.2) is 0 Å². The average Bonchev–Trinajstić information content (AvgIpc) is 2.34. The van der Waals surface area contributed by atoms with E-state index in [0.717, 1.165) is 19.3 Å². The molecule has 0 heterocycles. The fourth-order valence-electron chi connectivity index (χ4n) is 1.86. The van der Waals surface area contributed by atoms with Crippen molar-refractivity contribution in [2.75, 3.05) is 0 Å². The zero-order valence-electron chi connectivity index (χ0n) is 10.1. The summed E-state index contributed by atoms with van der Waals surface area (Å²) in [7, 11) is 0. The molecule has 0 aromatic heterocycles. The highest BCUT2D eigenvalue weighted by Gasteiger charge is 2.03. The van der Waals surface area contributed by atoms with Gasteiger partial charge in [0.2, 0.25) is 0 Å². The van der Waals surface area contributed by atoms with E-state index in [0.29, 0.717) is 12.0 Å². The lowest BCUT2D eigenvalue weighted by atomic mass is 9.97. The van der Waals surface area contributed by atoms with Gasteiger partial charge in [0.15, 0.2) is 0 Å². The summed E-state index contributed by atoms with van der Waals surface area (Å²) in [6.07, 6.45) is 3.62. The molecule has 1 aromatic carbocycles. The molecule has 3 heteroatoms. The Bertz CT molecular complexity index is 432. The second kappa shape index (κ2) is 6.70. The lowest BCUT2D eigenvalue weighted by Crippen LogP contribution is -1.97. The fourth-order valence-corrected chi connectivity index (χ4v) is 1.86. The van der Waals surface area contributed by atoms with Crippen molar-refractivity contribution in [1.82, 2.24) is 0 Å². The van der Waals surface area contributed by atoms with Gasteiger partial charge in [-0.05, 0) is 48.9 Å². The summed E-state index contributed by atoms with van der Waals surface area (Å²) in [4.78, 5) is 10.4. The maximum atomic E-state index is 10.4. The normalized spacial score (nSPS) is 9.88. The van der Waals surface area contributed by atoms with Gasteiger partial charge in [-0.15, -0.1) is 0 Å². The summed E-state index contributed by atoms with van der Waals surface area (Å²) in [5, 5.41) is 17.4. The molecule has 0 saturated heterocycles. The lowest BCUT2D eigenvalue weighted by Gasteiger charge is -2.07. The molecule has 0 amide bonds. The minimum Gasteiger partial charge on any atom is -0.481 e. The van der Waals surface area contributed by atoms with E-state index in [4.69, 9.17) is 10.4 Å². The summed E-state index contributed by atoms with van der Waals surface area (Å²) in [6, 6.07) is 7.87. The summed E-state index contributed by atoms with van der Waals surface area (Å²) in [5.74, 6) is -0.736. The molecule has 0 radical (unpaired) electrons. The Balaban J connectivity index is 2.59. The van der Waals surface area contributed by atoms with Crippen LogP contribution in [0.25, 0.3) is 0 Å². The van der Waals surface area contributed by atoms with Crippen LogP contribution in [-0.2, 0) is 17.6 Å². The Kier molecular flexibility index (Phi) is 5.22. The van der Waals surface area contributed by atoms with Gasteiger partial charge in [-0.3, -0.25) is 4.79 Å². The number of aryl methyl sites for hydroxylation is 2. The number of carboxylic acid groups (broad SMARTS) is 1. The van der Waals surface area contributed by atoms with E-state index in [-0.39, 0.29) is 6.42 Å². The number of unbranched alkanes of at least 4 members (excludes halogenated alkanes) is 1. The molecule has 90 valence electrons. The molecule has 1 N–H and O–H groups in total. The Labute approximate surface area is 102 Å². The van der Waals surface area contributed by atoms with Crippen molar-refractivity contribution in [2.24, 2.45) is 0 Å². The molecule has 0 fully saturated rings. The zero-order chi connectivity index (χ0) is 12.7. The van der Waals surface area contributed by atoms with Crippen LogP contribution in [0.15, 0.2) is 18.2 Å². The molecule has 17 heavy (non-hydrogen) atoms. The molecule has 0 unspecified atom stereocenters. The molecule has 0 aliphatic carbocycles. The zero-order valence-corrected chi connectivity index (χ0v) is 10.1. The molecular formula is C14H17NO2. The van der Waals surface area contributed by atoms with Crippen LogP contribution in [0.1, 0.15) is 42.9 Å². The molecular weight excluding hydrogens is 214 g/mol. The third kappa shape index (κ3) is 4.28. The molecule has 0 spiro atoms. The van der Waals surface area contributed by atoms with Crippen molar-refractivity contribution < 1.29 is 9.90 Å². The number of rotatable bonds is 6. The van der Waals surface area contributed by atoms with Gasteiger partial charge in [-0.2, -0.15) is 5.26 Å². The molecule has 0 bridgehead atoms. The highest BCUT2D eigenvalue weighted by atomic mass is 16.4. The van der Waals surface area contributed by atoms with Gasteiger partial charge in [-0.1, -0.05) is 13.0 Å². The first-order chi connectivity index (χ1) is 8.17. The minimum absolute atomic E-state index is 0.234. The van der Waals surface area contributed by atoms with Gasteiger partial charge in [0.25, 0.3) is 0 Å². The average molecular weight is 231 g/mol. The van der Waals surface area contributed by atoms with Gasteiger partial charge < -0.3 is 5.11 Å². The summed E-state index contributed by atoms with van der Waals surface area (Å²) < 4.78 is 0. The largest absolute Gasteiger partial charge is 0.481 e. The van der Waals surface area contributed by atoms with Crippen molar-refractivity contribution in [2.45, 2.75) is 39.0 Å². The van der Waals surface area contributed by atoms with Crippen LogP contribution >= 0.6 is 0 Å². The predicted molar refractivity (Wildman–Crippen MR) is 65.7 cm³/mol. The van der Waals surface area contributed by atoms with E-state index < -0.39 is 5.97 Å². The number of benzene rings is 1. The number of nitrogens with zero attached hydrogens (tertiary/aromatic N) is 1. The fraction of sp³-hybridized carbons (Fsp3) is 0.429. The second-order valence-corrected chi connectivity index (χ2v) is 4.05. The van der Waals surface area contributed by atoms with Crippen molar-refractivity contribution in [3.63, 3.8) is 0 Å². The summed E-state index contributed by atoms with van der Waals surface area (Å²) in [6.45, 7) is 2.07. The molecule has 1 rings (SSSR count). The number of hydrogen-bond acceptors (Lipinski definition) is 2. The molecule has 1 aromatic rings. The number of aliphatic carboxylic acids is 1. The van der Waals surface area contributed by atoms with Crippen molar-refractivity contribution in [1.29, 1.82) is 5.26 Å². The predicted octanol–water partition coefficient (Wildman–Crippen LogP) is 2.92. The van der Waals surface area contributed by atoms with E-state index in [1.807, 2.05) is 18.2 Å². The van der Waals surface area contributed by atoms with Crippen molar-refractivity contribution >= 4 is 5.97 Å². The smallest absolute Gasteiger partial charge is 0.303 e. The van der Waals surface area contributed by atoms with Gasteiger partial charge in [0.05, 0.1) is 11.6 Å². The van der Waals surface area contributed by atoms with Crippen LogP contribution < -0.4 is 0 Å². The molecule has 0 aliphatic heterocycles. The van der Waals surface area contributed by atoms with Crippen LogP contribution in [-0.4, -0.2) is 11.1 Å². The molecule has 0 aliphatic rings. The Morgan fingerprint density at radius 2 is 2.12 bits per heavy atom. The Morgan fingerprint density at radius 3 is 2.71 bits per heavy atom. The number of carboxylic acids is 1. The first-order valence-corrected chi connectivity index (χ1v) is 5.91. The highest BCUT2D eigenvalue weighted by molar-refractivity contribution is 5.66. The topological polar surface area (TPSA) is 61.1 Å². The maximum absolute atomic E-state index is 10.4. The van der Waals surface area contributed by atoms with Crippen LogP contribution in [0.5, 0.6) is 0 Å². The Hall–Kier alpha value is -1.82. The van der Waals surface area contributed by atoms with Crippen LogP contribution in [0.3, 0.4) is 0 Å². The monoisotopic (exact) mass is 231 g/mol. The third-order valence-corrected chi connectivity index (χ3v) is 2.80. The van der Waals surface area contributed by atoms with E-state index in [1.54, 1.807) is 0 Å². The summed E-state index contributed by atoms with van der Waals surface area (Å²) in [5.41, 5.74) is 3.12. The minimum atomic E-state index is -0.736. The summed E-state index contributed by atoms with van der Waals surface area (Å²) >= 11 is 0. The SMILES string of the molecule is CCc1cc(C#N)ccc1CCCCC(=O)O. The van der Waals surface area contributed by atoms with E-state index in [9.17, 15) is 4.79 Å². The number of nitriles is 1. The molecule has 3 nitrogen and oxygen atoms in total. The van der Waals surface area contributed by atoms with Gasteiger partial charge >= 0.3 is 5.97 Å². The van der Waals surface area contributed by atoms with E-state index in [2.05, 4.69) is 13.0 Å². The number of carbonyl (C=O) groups is 1. The quantitative estimate of drug-likeness (QED) is 0.766. The maximum Gasteiger partial charge on any atom is 0.303 e. The van der Waals surface area contributed by atoms with E-state index >= 15 is 0 Å². The molecule has 0 atom stereocenters. The van der Waals surface area contributed by atoms with Crippen molar-refractivity contribution in [3.05, 3.63) is 34.9 Å². The lowest BCUT2D eigenvalue weighted by molar-refractivity contribution is -0.137.